The van der Waals surface area contributed by atoms with Crippen LogP contribution in [0.1, 0.15) is 78.6 Å². The van der Waals surface area contributed by atoms with Gasteiger partial charge in [-0.1, -0.05) is 31.9 Å². The SMILES string of the molecule is CC1(C)CCC2=C(CC[C@@H]3[C@@H]2CC[C@@]2(C)[C@H]3CCC23OCCO3)C1. The molecule has 0 aromatic carbocycles. The fourth-order valence-electron chi connectivity index (χ4n) is 7.48. The number of hydrogen-bond acceptors (Lipinski definition) is 2. The Hall–Kier alpha value is -0.340. The van der Waals surface area contributed by atoms with Gasteiger partial charge >= 0.3 is 0 Å². The van der Waals surface area contributed by atoms with Gasteiger partial charge in [0.05, 0.1) is 13.2 Å². The van der Waals surface area contributed by atoms with Gasteiger partial charge in [-0.2, -0.15) is 0 Å². The van der Waals surface area contributed by atoms with Crippen LogP contribution >= 0.6 is 0 Å². The Balaban J connectivity index is 1.45. The van der Waals surface area contributed by atoms with Crippen LogP contribution < -0.4 is 0 Å². The lowest BCUT2D eigenvalue weighted by Crippen LogP contribution is -2.52. The Labute approximate surface area is 147 Å². The topological polar surface area (TPSA) is 18.5 Å². The summed E-state index contributed by atoms with van der Waals surface area (Å²) in [4.78, 5) is 0. The van der Waals surface area contributed by atoms with Crippen molar-refractivity contribution in [3.63, 3.8) is 0 Å². The summed E-state index contributed by atoms with van der Waals surface area (Å²) >= 11 is 0. The third kappa shape index (κ3) is 2.02. The summed E-state index contributed by atoms with van der Waals surface area (Å²) in [5.74, 6) is 2.37. The first-order chi connectivity index (χ1) is 11.4. The highest BCUT2D eigenvalue weighted by atomic mass is 16.7. The molecule has 0 aromatic heterocycles. The molecule has 2 nitrogen and oxygen atoms in total. The molecule has 0 bridgehead atoms. The smallest absolute Gasteiger partial charge is 0.174 e. The molecule has 2 heteroatoms. The number of rotatable bonds is 0. The van der Waals surface area contributed by atoms with Crippen LogP contribution in [0.2, 0.25) is 0 Å². The first-order valence-electron chi connectivity index (χ1n) is 10.4. The van der Waals surface area contributed by atoms with Gasteiger partial charge in [-0.05, 0) is 74.5 Å². The highest BCUT2D eigenvalue weighted by Gasteiger charge is 2.65. The number of fused-ring (bicyclic) bond motifs is 5. The number of ether oxygens (including phenoxy) is 2. The molecule has 24 heavy (non-hydrogen) atoms. The van der Waals surface area contributed by atoms with E-state index in [9.17, 15) is 0 Å². The van der Waals surface area contributed by atoms with Gasteiger partial charge in [0.1, 0.15) is 0 Å². The maximum absolute atomic E-state index is 6.25. The van der Waals surface area contributed by atoms with E-state index in [0.717, 1.165) is 37.4 Å². The Morgan fingerprint density at radius 3 is 2.46 bits per heavy atom. The second-order valence-electron chi connectivity index (χ2n) is 10.3. The van der Waals surface area contributed by atoms with Gasteiger partial charge < -0.3 is 9.47 Å². The summed E-state index contributed by atoms with van der Waals surface area (Å²) in [6, 6.07) is 0. The molecule has 4 aliphatic carbocycles. The Kier molecular flexibility index (Phi) is 3.37. The van der Waals surface area contributed by atoms with Gasteiger partial charge in [0.2, 0.25) is 0 Å². The van der Waals surface area contributed by atoms with Gasteiger partial charge in [0.25, 0.3) is 0 Å². The summed E-state index contributed by atoms with van der Waals surface area (Å²) in [5, 5.41) is 0. The standard InChI is InChI=1S/C22H34O2/c1-20(2)9-6-16-15(14-20)4-5-18-17(16)7-10-21(3)19(18)8-11-22(21)23-12-13-24-22/h17-19H,4-14H2,1-3H3/t17-,18-,19+,21+/m1/s1. The molecule has 0 aromatic rings. The molecular weight excluding hydrogens is 296 g/mol. The lowest BCUT2D eigenvalue weighted by Gasteiger charge is -2.54. The van der Waals surface area contributed by atoms with E-state index in [1.165, 1.54) is 51.4 Å². The van der Waals surface area contributed by atoms with Crippen molar-refractivity contribution in [2.45, 2.75) is 84.3 Å². The van der Waals surface area contributed by atoms with Gasteiger partial charge in [0, 0.05) is 11.8 Å². The van der Waals surface area contributed by atoms with E-state index in [1.807, 2.05) is 11.1 Å². The lowest BCUT2D eigenvalue weighted by molar-refractivity contribution is -0.238. The van der Waals surface area contributed by atoms with Crippen LogP contribution in [0.5, 0.6) is 0 Å². The minimum atomic E-state index is -0.230. The van der Waals surface area contributed by atoms with Crippen molar-refractivity contribution in [1.29, 1.82) is 0 Å². The van der Waals surface area contributed by atoms with E-state index >= 15 is 0 Å². The molecule has 2 saturated carbocycles. The van der Waals surface area contributed by atoms with Crippen LogP contribution in [0.4, 0.5) is 0 Å². The minimum Gasteiger partial charge on any atom is -0.347 e. The molecule has 1 saturated heterocycles. The average Bonchev–Trinajstić information content (AvgIpc) is 3.13. The normalized spacial score (nSPS) is 45.9. The fourth-order valence-corrected chi connectivity index (χ4v) is 7.48. The highest BCUT2D eigenvalue weighted by molar-refractivity contribution is 5.28. The highest BCUT2D eigenvalue weighted by Crippen LogP contribution is 2.66. The Morgan fingerprint density at radius 2 is 1.67 bits per heavy atom. The molecule has 0 unspecified atom stereocenters. The van der Waals surface area contributed by atoms with Crippen molar-refractivity contribution in [3.05, 3.63) is 11.1 Å². The van der Waals surface area contributed by atoms with Crippen LogP contribution in [0, 0.1) is 28.6 Å². The van der Waals surface area contributed by atoms with E-state index in [2.05, 4.69) is 20.8 Å². The largest absolute Gasteiger partial charge is 0.347 e. The van der Waals surface area contributed by atoms with Crippen molar-refractivity contribution in [3.8, 4) is 0 Å². The summed E-state index contributed by atoms with van der Waals surface area (Å²) in [6.45, 7) is 9.05. The van der Waals surface area contributed by atoms with E-state index in [4.69, 9.17) is 9.47 Å². The molecule has 5 aliphatic rings. The van der Waals surface area contributed by atoms with Crippen molar-refractivity contribution in [2.24, 2.45) is 28.6 Å². The lowest BCUT2D eigenvalue weighted by atomic mass is 9.53. The zero-order valence-electron chi connectivity index (χ0n) is 15.8. The van der Waals surface area contributed by atoms with E-state index < -0.39 is 0 Å². The van der Waals surface area contributed by atoms with Crippen LogP contribution in [0.15, 0.2) is 11.1 Å². The molecule has 4 atom stereocenters. The first kappa shape index (κ1) is 15.9. The molecule has 3 fully saturated rings. The Morgan fingerprint density at radius 1 is 0.875 bits per heavy atom. The molecule has 0 radical (unpaired) electrons. The van der Waals surface area contributed by atoms with Gasteiger partial charge in [-0.15, -0.1) is 0 Å². The summed E-state index contributed by atoms with van der Waals surface area (Å²) < 4.78 is 12.5. The zero-order valence-corrected chi connectivity index (χ0v) is 15.8. The molecule has 1 heterocycles. The predicted octanol–water partition coefficient (Wildman–Crippen LogP) is 5.47. The van der Waals surface area contributed by atoms with Crippen LogP contribution in [-0.2, 0) is 9.47 Å². The van der Waals surface area contributed by atoms with Gasteiger partial charge in [0.15, 0.2) is 5.79 Å². The van der Waals surface area contributed by atoms with Crippen molar-refractivity contribution >= 4 is 0 Å². The Bertz CT molecular complexity index is 569. The molecule has 0 amide bonds. The molecule has 1 spiro atoms. The molecule has 134 valence electrons. The zero-order chi connectivity index (χ0) is 16.6. The summed E-state index contributed by atoms with van der Waals surface area (Å²) in [6.07, 6.45) is 12.1. The predicted molar refractivity (Wildman–Crippen MR) is 95.6 cm³/mol. The second kappa shape index (κ2) is 5.10. The maximum Gasteiger partial charge on any atom is 0.174 e. The third-order valence-corrected chi connectivity index (χ3v) is 8.68. The molecular formula is C22H34O2. The van der Waals surface area contributed by atoms with Crippen LogP contribution in [0.25, 0.3) is 0 Å². The van der Waals surface area contributed by atoms with E-state index in [-0.39, 0.29) is 11.2 Å². The minimum absolute atomic E-state index is 0.230. The number of allylic oxidation sites excluding steroid dienone is 2. The average molecular weight is 331 g/mol. The summed E-state index contributed by atoms with van der Waals surface area (Å²) in [7, 11) is 0. The van der Waals surface area contributed by atoms with Crippen molar-refractivity contribution < 1.29 is 9.47 Å². The van der Waals surface area contributed by atoms with Crippen molar-refractivity contribution in [1.82, 2.24) is 0 Å². The van der Waals surface area contributed by atoms with E-state index in [0.29, 0.717) is 5.41 Å². The van der Waals surface area contributed by atoms with Crippen LogP contribution in [0.3, 0.4) is 0 Å². The first-order valence-corrected chi connectivity index (χ1v) is 10.4. The summed E-state index contributed by atoms with van der Waals surface area (Å²) in [5.41, 5.74) is 4.56. The quantitative estimate of drug-likeness (QED) is 0.548. The van der Waals surface area contributed by atoms with Crippen molar-refractivity contribution in [2.75, 3.05) is 13.2 Å². The maximum atomic E-state index is 6.25. The molecule has 5 rings (SSSR count). The van der Waals surface area contributed by atoms with Gasteiger partial charge in [-0.25, -0.2) is 0 Å². The number of hydrogen-bond donors (Lipinski definition) is 0. The third-order valence-electron chi connectivity index (χ3n) is 8.68. The fraction of sp³-hybridized carbons (Fsp3) is 0.909. The van der Waals surface area contributed by atoms with Crippen LogP contribution in [-0.4, -0.2) is 19.0 Å². The molecule has 0 N–H and O–H groups in total. The van der Waals surface area contributed by atoms with Gasteiger partial charge in [-0.3, -0.25) is 0 Å². The van der Waals surface area contributed by atoms with E-state index in [1.54, 1.807) is 0 Å². The monoisotopic (exact) mass is 330 g/mol. The second-order valence-corrected chi connectivity index (χ2v) is 10.3. The molecule has 1 aliphatic heterocycles.